The van der Waals surface area contributed by atoms with Crippen LogP contribution in [0, 0.1) is 5.41 Å². The third-order valence-electron chi connectivity index (χ3n) is 2.75. The molecule has 15 heavy (non-hydrogen) atoms. The second-order valence-electron chi connectivity index (χ2n) is 4.57. The number of halogens is 1. The summed E-state index contributed by atoms with van der Waals surface area (Å²) in [5, 5.41) is 5.69. The smallest absolute Gasteiger partial charge is 0.0554 e. The molecule has 0 aliphatic carbocycles. The van der Waals surface area contributed by atoms with Crippen molar-refractivity contribution in [3.63, 3.8) is 0 Å². The third-order valence-corrected chi connectivity index (χ3v) is 4.63. The van der Waals surface area contributed by atoms with E-state index in [1.54, 1.807) is 11.3 Å². The summed E-state index contributed by atoms with van der Waals surface area (Å²) in [6.07, 6.45) is 0. The molecule has 0 spiro atoms. The van der Waals surface area contributed by atoms with Crippen LogP contribution in [-0.4, -0.2) is 19.8 Å². The molecule has 1 atom stereocenters. The van der Waals surface area contributed by atoms with Gasteiger partial charge in [0, 0.05) is 32.7 Å². The number of ether oxygens (including phenoxy) is 1. The second kappa shape index (κ2) is 4.53. The van der Waals surface area contributed by atoms with Gasteiger partial charge in [-0.3, -0.25) is 0 Å². The van der Waals surface area contributed by atoms with Crippen LogP contribution in [0.4, 0.5) is 0 Å². The van der Waals surface area contributed by atoms with Gasteiger partial charge in [-0.25, -0.2) is 0 Å². The molecule has 0 amide bonds. The Morgan fingerprint density at radius 1 is 1.67 bits per heavy atom. The SMILES string of the molecule is CC(NCC1(C)COC1)c1cc(Br)cs1. The Kier molecular flexibility index (Phi) is 3.50. The van der Waals surface area contributed by atoms with Crippen molar-refractivity contribution in [3.05, 3.63) is 20.8 Å². The Balaban J connectivity index is 1.84. The van der Waals surface area contributed by atoms with Crippen molar-refractivity contribution >= 4 is 27.3 Å². The maximum absolute atomic E-state index is 5.24. The van der Waals surface area contributed by atoms with Crippen LogP contribution in [0.2, 0.25) is 0 Å². The van der Waals surface area contributed by atoms with Gasteiger partial charge in [-0.05, 0) is 28.9 Å². The fourth-order valence-corrected chi connectivity index (χ4v) is 3.09. The van der Waals surface area contributed by atoms with Gasteiger partial charge in [-0.15, -0.1) is 11.3 Å². The second-order valence-corrected chi connectivity index (χ2v) is 6.43. The van der Waals surface area contributed by atoms with E-state index in [0.717, 1.165) is 19.8 Å². The molecule has 2 heterocycles. The van der Waals surface area contributed by atoms with Crippen molar-refractivity contribution < 1.29 is 4.74 Å². The first-order chi connectivity index (χ1) is 7.09. The topological polar surface area (TPSA) is 21.3 Å². The molecular weight excluding hydrogens is 274 g/mol. The lowest BCUT2D eigenvalue weighted by Gasteiger charge is -2.38. The molecule has 0 saturated carbocycles. The van der Waals surface area contributed by atoms with Crippen molar-refractivity contribution in [2.75, 3.05) is 19.8 Å². The lowest BCUT2D eigenvalue weighted by atomic mass is 9.88. The normalized spacial score (nSPS) is 21.0. The first-order valence-electron chi connectivity index (χ1n) is 5.14. The first kappa shape index (κ1) is 11.6. The summed E-state index contributed by atoms with van der Waals surface area (Å²) >= 11 is 5.27. The highest BCUT2D eigenvalue weighted by Gasteiger charge is 2.33. The van der Waals surface area contributed by atoms with Gasteiger partial charge in [0.1, 0.15) is 0 Å². The lowest BCUT2D eigenvalue weighted by molar-refractivity contribution is -0.0998. The van der Waals surface area contributed by atoms with Gasteiger partial charge in [0.15, 0.2) is 0 Å². The fraction of sp³-hybridized carbons (Fsp3) is 0.636. The Labute approximate surface area is 103 Å². The van der Waals surface area contributed by atoms with Crippen LogP contribution in [-0.2, 0) is 4.74 Å². The average molecular weight is 290 g/mol. The molecule has 2 rings (SSSR count). The Morgan fingerprint density at radius 3 is 2.87 bits per heavy atom. The standard InChI is InChI=1S/C11H16BrNOS/c1-8(10-3-9(12)4-15-10)13-5-11(2)6-14-7-11/h3-4,8,13H,5-7H2,1-2H3. The van der Waals surface area contributed by atoms with Gasteiger partial charge in [0.2, 0.25) is 0 Å². The van der Waals surface area contributed by atoms with Gasteiger partial charge in [0.05, 0.1) is 13.2 Å². The molecule has 0 aromatic carbocycles. The van der Waals surface area contributed by atoms with Gasteiger partial charge < -0.3 is 10.1 Å². The van der Waals surface area contributed by atoms with Gasteiger partial charge in [-0.2, -0.15) is 0 Å². The molecule has 84 valence electrons. The molecule has 1 aromatic heterocycles. The van der Waals surface area contributed by atoms with Gasteiger partial charge in [-0.1, -0.05) is 6.92 Å². The van der Waals surface area contributed by atoms with Crippen molar-refractivity contribution in [1.82, 2.24) is 5.32 Å². The average Bonchev–Trinajstić information content (AvgIpc) is 2.58. The molecular formula is C11H16BrNOS. The molecule has 1 aliphatic heterocycles. The summed E-state index contributed by atoms with van der Waals surface area (Å²) < 4.78 is 6.41. The quantitative estimate of drug-likeness (QED) is 0.919. The molecule has 0 bridgehead atoms. The van der Waals surface area contributed by atoms with E-state index in [2.05, 4.69) is 46.5 Å². The molecule has 4 heteroatoms. The summed E-state index contributed by atoms with van der Waals surface area (Å²) in [6.45, 7) is 7.28. The fourth-order valence-electron chi connectivity index (χ4n) is 1.61. The third kappa shape index (κ3) is 2.81. The van der Waals surface area contributed by atoms with E-state index in [4.69, 9.17) is 4.74 Å². The number of thiophene rings is 1. The van der Waals surface area contributed by atoms with E-state index in [-0.39, 0.29) is 0 Å². The predicted octanol–water partition coefficient (Wildman–Crippen LogP) is 3.20. The van der Waals surface area contributed by atoms with Crippen LogP contribution >= 0.6 is 27.3 Å². The maximum atomic E-state index is 5.24. The summed E-state index contributed by atoms with van der Waals surface area (Å²) in [5.74, 6) is 0. The predicted molar refractivity (Wildman–Crippen MR) is 67.4 cm³/mol. The molecule has 1 unspecified atom stereocenters. The van der Waals surface area contributed by atoms with Crippen LogP contribution in [0.25, 0.3) is 0 Å². The minimum absolute atomic E-state index is 0.350. The van der Waals surface area contributed by atoms with Crippen molar-refractivity contribution in [1.29, 1.82) is 0 Å². The highest BCUT2D eigenvalue weighted by Crippen LogP contribution is 2.28. The molecule has 1 aliphatic rings. The number of rotatable bonds is 4. The van der Waals surface area contributed by atoms with E-state index < -0.39 is 0 Å². The summed E-state index contributed by atoms with van der Waals surface area (Å²) in [4.78, 5) is 1.38. The Morgan fingerprint density at radius 2 is 2.40 bits per heavy atom. The molecule has 1 fully saturated rings. The summed E-state index contributed by atoms with van der Waals surface area (Å²) in [6, 6.07) is 2.61. The zero-order valence-corrected chi connectivity index (χ0v) is 11.5. The number of hydrogen-bond donors (Lipinski definition) is 1. The Bertz CT molecular complexity index is 335. The van der Waals surface area contributed by atoms with Crippen molar-refractivity contribution in [2.45, 2.75) is 19.9 Å². The van der Waals surface area contributed by atoms with E-state index in [0.29, 0.717) is 11.5 Å². The number of hydrogen-bond acceptors (Lipinski definition) is 3. The van der Waals surface area contributed by atoms with E-state index in [1.807, 2.05) is 0 Å². The molecule has 1 aromatic rings. The zero-order valence-electron chi connectivity index (χ0n) is 9.05. The molecule has 1 saturated heterocycles. The molecule has 1 N–H and O–H groups in total. The highest BCUT2D eigenvalue weighted by molar-refractivity contribution is 9.10. The molecule has 0 radical (unpaired) electrons. The van der Waals surface area contributed by atoms with Crippen LogP contribution in [0.3, 0.4) is 0 Å². The van der Waals surface area contributed by atoms with Crippen LogP contribution in [0.1, 0.15) is 24.8 Å². The largest absolute Gasteiger partial charge is 0.380 e. The highest BCUT2D eigenvalue weighted by atomic mass is 79.9. The number of nitrogens with one attached hydrogen (secondary N) is 1. The van der Waals surface area contributed by atoms with E-state index >= 15 is 0 Å². The monoisotopic (exact) mass is 289 g/mol. The molecule has 2 nitrogen and oxygen atoms in total. The van der Waals surface area contributed by atoms with Crippen LogP contribution in [0.5, 0.6) is 0 Å². The Hall–Kier alpha value is 0.1000. The van der Waals surface area contributed by atoms with E-state index in [9.17, 15) is 0 Å². The minimum atomic E-state index is 0.350. The van der Waals surface area contributed by atoms with Crippen molar-refractivity contribution in [2.24, 2.45) is 5.41 Å². The van der Waals surface area contributed by atoms with Crippen LogP contribution in [0.15, 0.2) is 15.9 Å². The van der Waals surface area contributed by atoms with Crippen LogP contribution < -0.4 is 5.32 Å². The maximum Gasteiger partial charge on any atom is 0.0554 e. The first-order valence-corrected chi connectivity index (χ1v) is 6.81. The lowest BCUT2D eigenvalue weighted by Crippen LogP contribution is -2.47. The summed E-state index contributed by atoms with van der Waals surface area (Å²) in [7, 11) is 0. The van der Waals surface area contributed by atoms with E-state index in [1.165, 1.54) is 9.35 Å². The van der Waals surface area contributed by atoms with Crippen molar-refractivity contribution in [3.8, 4) is 0 Å². The minimum Gasteiger partial charge on any atom is -0.380 e. The van der Waals surface area contributed by atoms with Gasteiger partial charge >= 0.3 is 0 Å². The van der Waals surface area contributed by atoms with Gasteiger partial charge in [0.25, 0.3) is 0 Å². The zero-order chi connectivity index (χ0) is 10.9. The summed E-state index contributed by atoms with van der Waals surface area (Å²) in [5.41, 5.74) is 0.350.